The standard InChI is InChI=1S/C10H14N2O2/c1-8-2-4-9(5-3-8)6-7-12(14)10(11)13/h2-5,14H,6-7H2,1H3,(H2,11,13). The largest absolute Gasteiger partial charge is 0.350 e. The van der Waals surface area contributed by atoms with Crippen LogP contribution in [-0.2, 0) is 6.42 Å². The van der Waals surface area contributed by atoms with Crippen molar-refractivity contribution in [3.05, 3.63) is 35.4 Å². The molecule has 1 rings (SSSR count). The molecule has 1 aromatic carbocycles. The molecule has 0 aliphatic heterocycles. The molecule has 0 heterocycles. The minimum atomic E-state index is -0.822. The average molecular weight is 194 g/mol. The second-order valence-corrected chi connectivity index (χ2v) is 3.20. The summed E-state index contributed by atoms with van der Waals surface area (Å²) in [5.41, 5.74) is 7.11. The first-order valence-electron chi connectivity index (χ1n) is 4.41. The highest BCUT2D eigenvalue weighted by molar-refractivity contribution is 5.70. The molecule has 0 saturated carbocycles. The molecule has 0 aliphatic rings. The Hall–Kier alpha value is -1.55. The first kappa shape index (κ1) is 10.5. The van der Waals surface area contributed by atoms with E-state index in [2.05, 4.69) is 0 Å². The Balaban J connectivity index is 2.46. The maximum absolute atomic E-state index is 10.5. The van der Waals surface area contributed by atoms with Gasteiger partial charge in [0.1, 0.15) is 0 Å². The van der Waals surface area contributed by atoms with Crippen LogP contribution in [0.1, 0.15) is 11.1 Å². The summed E-state index contributed by atoms with van der Waals surface area (Å²) in [6.07, 6.45) is 0.597. The zero-order valence-electron chi connectivity index (χ0n) is 8.10. The van der Waals surface area contributed by atoms with Gasteiger partial charge in [-0.25, -0.2) is 9.86 Å². The third-order valence-electron chi connectivity index (χ3n) is 1.99. The molecular formula is C10H14N2O2. The van der Waals surface area contributed by atoms with Crippen molar-refractivity contribution in [1.29, 1.82) is 0 Å². The Labute approximate surface area is 82.9 Å². The molecule has 0 bridgehead atoms. The highest BCUT2D eigenvalue weighted by atomic mass is 16.5. The maximum Gasteiger partial charge on any atom is 0.338 e. The van der Waals surface area contributed by atoms with E-state index in [0.717, 1.165) is 5.56 Å². The van der Waals surface area contributed by atoms with Crippen LogP contribution in [0.5, 0.6) is 0 Å². The number of nitrogens with zero attached hydrogens (tertiary/aromatic N) is 1. The number of urea groups is 1. The summed E-state index contributed by atoms with van der Waals surface area (Å²) in [6, 6.07) is 7.08. The highest BCUT2D eigenvalue weighted by Gasteiger charge is 2.04. The van der Waals surface area contributed by atoms with Gasteiger partial charge in [0.05, 0.1) is 6.54 Å². The van der Waals surface area contributed by atoms with Crippen molar-refractivity contribution in [1.82, 2.24) is 5.06 Å². The summed E-state index contributed by atoms with van der Waals surface area (Å²) < 4.78 is 0. The quantitative estimate of drug-likeness (QED) is 0.562. The lowest BCUT2D eigenvalue weighted by molar-refractivity contribution is -0.0382. The number of aryl methyl sites for hydroxylation is 1. The fourth-order valence-corrected chi connectivity index (χ4v) is 1.10. The molecule has 4 nitrogen and oxygen atoms in total. The monoisotopic (exact) mass is 194 g/mol. The molecule has 0 spiro atoms. The minimum absolute atomic E-state index is 0.221. The molecule has 14 heavy (non-hydrogen) atoms. The second-order valence-electron chi connectivity index (χ2n) is 3.20. The van der Waals surface area contributed by atoms with E-state index >= 15 is 0 Å². The molecule has 0 aliphatic carbocycles. The third kappa shape index (κ3) is 3.06. The van der Waals surface area contributed by atoms with Gasteiger partial charge in [0.25, 0.3) is 0 Å². The number of amides is 2. The van der Waals surface area contributed by atoms with Crippen LogP contribution in [0.4, 0.5) is 4.79 Å². The van der Waals surface area contributed by atoms with Crippen molar-refractivity contribution in [2.45, 2.75) is 13.3 Å². The van der Waals surface area contributed by atoms with Crippen molar-refractivity contribution in [2.75, 3.05) is 6.54 Å². The SMILES string of the molecule is Cc1ccc(CCN(O)C(N)=O)cc1. The molecule has 4 heteroatoms. The first-order valence-corrected chi connectivity index (χ1v) is 4.41. The number of nitrogens with two attached hydrogens (primary N) is 1. The third-order valence-corrected chi connectivity index (χ3v) is 1.99. The number of hydrogen-bond donors (Lipinski definition) is 2. The Morgan fingerprint density at radius 1 is 1.43 bits per heavy atom. The lowest BCUT2D eigenvalue weighted by Gasteiger charge is -2.11. The zero-order valence-corrected chi connectivity index (χ0v) is 8.10. The normalized spacial score (nSPS) is 9.86. The van der Waals surface area contributed by atoms with Crippen molar-refractivity contribution >= 4 is 6.03 Å². The van der Waals surface area contributed by atoms with Gasteiger partial charge in [-0.15, -0.1) is 0 Å². The lowest BCUT2D eigenvalue weighted by Crippen LogP contribution is -2.34. The van der Waals surface area contributed by atoms with Gasteiger partial charge in [-0.3, -0.25) is 5.21 Å². The number of rotatable bonds is 3. The van der Waals surface area contributed by atoms with Crippen LogP contribution in [0.15, 0.2) is 24.3 Å². The predicted molar refractivity (Wildman–Crippen MR) is 53.0 cm³/mol. The van der Waals surface area contributed by atoms with E-state index in [1.807, 2.05) is 31.2 Å². The van der Waals surface area contributed by atoms with Crippen LogP contribution >= 0.6 is 0 Å². The molecule has 0 radical (unpaired) electrons. The second kappa shape index (κ2) is 4.62. The van der Waals surface area contributed by atoms with Crippen LogP contribution in [0.2, 0.25) is 0 Å². The summed E-state index contributed by atoms with van der Waals surface area (Å²) in [6.45, 7) is 2.23. The van der Waals surface area contributed by atoms with E-state index in [1.54, 1.807) is 0 Å². The predicted octanol–water partition coefficient (Wildman–Crippen LogP) is 1.31. The van der Waals surface area contributed by atoms with Gasteiger partial charge in [0.2, 0.25) is 0 Å². The van der Waals surface area contributed by atoms with Gasteiger partial charge in [-0.2, -0.15) is 0 Å². The Kier molecular flexibility index (Phi) is 3.48. The average Bonchev–Trinajstić information content (AvgIpc) is 2.16. The minimum Gasteiger partial charge on any atom is -0.350 e. The van der Waals surface area contributed by atoms with Crippen LogP contribution < -0.4 is 5.73 Å². The van der Waals surface area contributed by atoms with Crippen molar-refractivity contribution in [2.24, 2.45) is 5.73 Å². The zero-order chi connectivity index (χ0) is 10.6. The van der Waals surface area contributed by atoms with Crippen LogP contribution in [0.3, 0.4) is 0 Å². The summed E-state index contributed by atoms with van der Waals surface area (Å²) in [5, 5.41) is 9.51. The summed E-state index contributed by atoms with van der Waals surface area (Å²) in [7, 11) is 0. The molecule has 0 fully saturated rings. The summed E-state index contributed by atoms with van der Waals surface area (Å²) in [5.74, 6) is 0. The van der Waals surface area contributed by atoms with E-state index in [4.69, 9.17) is 10.9 Å². The van der Waals surface area contributed by atoms with Crippen molar-refractivity contribution < 1.29 is 10.0 Å². The van der Waals surface area contributed by atoms with Crippen molar-refractivity contribution in [3.63, 3.8) is 0 Å². The molecule has 0 unspecified atom stereocenters. The molecular weight excluding hydrogens is 180 g/mol. The number of carbonyl (C=O) groups is 1. The number of primary amides is 1. The van der Waals surface area contributed by atoms with E-state index in [9.17, 15) is 4.79 Å². The summed E-state index contributed by atoms with van der Waals surface area (Å²) in [4.78, 5) is 10.5. The Bertz CT molecular complexity index is 308. The van der Waals surface area contributed by atoms with Gasteiger partial charge in [0, 0.05) is 0 Å². The Morgan fingerprint density at radius 2 is 2.00 bits per heavy atom. The molecule has 0 aromatic heterocycles. The molecule has 3 N–H and O–H groups in total. The number of benzene rings is 1. The maximum atomic E-state index is 10.5. The van der Waals surface area contributed by atoms with E-state index in [1.165, 1.54) is 5.56 Å². The van der Waals surface area contributed by atoms with Gasteiger partial charge in [0.15, 0.2) is 0 Å². The Morgan fingerprint density at radius 3 is 2.50 bits per heavy atom. The smallest absolute Gasteiger partial charge is 0.338 e. The summed E-state index contributed by atoms with van der Waals surface area (Å²) >= 11 is 0. The highest BCUT2D eigenvalue weighted by Crippen LogP contribution is 2.04. The van der Waals surface area contributed by atoms with Gasteiger partial charge < -0.3 is 5.73 Å². The van der Waals surface area contributed by atoms with Crippen LogP contribution in [0.25, 0.3) is 0 Å². The molecule has 76 valence electrons. The number of carbonyl (C=O) groups excluding carboxylic acids is 1. The van der Waals surface area contributed by atoms with Crippen LogP contribution in [-0.4, -0.2) is 22.8 Å². The van der Waals surface area contributed by atoms with E-state index in [-0.39, 0.29) is 6.54 Å². The van der Waals surface area contributed by atoms with Gasteiger partial charge >= 0.3 is 6.03 Å². The molecule has 1 aromatic rings. The number of hydroxylamine groups is 2. The van der Waals surface area contributed by atoms with E-state index in [0.29, 0.717) is 11.5 Å². The van der Waals surface area contributed by atoms with Crippen molar-refractivity contribution in [3.8, 4) is 0 Å². The first-order chi connectivity index (χ1) is 6.59. The van der Waals surface area contributed by atoms with Gasteiger partial charge in [-0.1, -0.05) is 29.8 Å². The number of hydrogen-bond acceptors (Lipinski definition) is 2. The van der Waals surface area contributed by atoms with E-state index < -0.39 is 6.03 Å². The fraction of sp³-hybridized carbons (Fsp3) is 0.300. The van der Waals surface area contributed by atoms with Gasteiger partial charge in [-0.05, 0) is 18.9 Å². The van der Waals surface area contributed by atoms with Crippen LogP contribution in [0, 0.1) is 6.92 Å². The molecule has 0 atom stereocenters. The fourth-order valence-electron chi connectivity index (χ4n) is 1.10. The topological polar surface area (TPSA) is 66.6 Å². The lowest BCUT2D eigenvalue weighted by atomic mass is 10.1. The molecule has 0 saturated heterocycles. The molecule has 2 amide bonds.